The summed E-state index contributed by atoms with van der Waals surface area (Å²) in [6, 6.07) is 10.7. The van der Waals surface area contributed by atoms with E-state index in [1.54, 1.807) is 6.07 Å². The maximum Gasteiger partial charge on any atom is 0.124 e. The molecule has 4 heteroatoms. The molecule has 0 heterocycles. The maximum absolute atomic E-state index is 13.2. The van der Waals surface area contributed by atoms with Crippen LogP contribution in [0.1, 0.15) is 22.7 Å². The zero-order chi connectivity index (χ0) is 15.6. The van der Waals surface area contributed by atoms with E-state index < -0.39 is 0 Å². The first kappa shape index (κ1) is 15.8. The average Bonchev–Trinajstić information content (AvgIpc) is 2.40. The second-order valence-electron chi connectivity index (χ2n) is 5.37. The highest BCUT2D eigenvalue weighted by Crippen LogP contribution is 2.31. The summed E-state index contributed by atoms with van der Waals surface area (Å²) >= 11 is 6.17. The molecule has 2 rings (SSSR count). The molecule has 1 atom stereocenters. The highest BCUT2D eigenvalue weighted by atomic mass is 35.5. The number of anilines is 1. The van der Waals surface area contributed by atoms with Gasteiger partial charge >= 0.3 is 0 Å². The zero-order valence-corrected chi connectivity index (χ0v) is 13.3. The predicted octanol–water partition coefficient (Wildman–Crippen LogP) is 4.23. The molecule has 1 unspecified atom stereocenters. The van der Waals surface area contributed by atoms with Crippen molar-refractivity contribution in [3.63, 3.8) is 0 Å². The lowest BCUT2D eigenvalue weighted by molar-refractivity contribution is 0.622. The number of likely N-dealkylation sites (N-methyl/N-ethyl adjacent to an activating group) is 1. The molecule has 2 nitrogen and oxygen atoms in total. The van der Waals surface area contributed by atoms with E-state index >= 15 is 0 Å². The van der Waals surface area contributed by atoms with Gasteiger partial charge in [0.05, 0.1) is 6.04 Å². The van der Waals surface area contributed by atoms with Gasteiger partial charge in [0.25, 0.3) is 0 Å². The Balaban J connectivity index is 2.40. The maximum atomic E-state index is 13.2. The molecule has 0 radical (unpaired) electrons. The summed E-state index contributed by atoms with van der Waals surface area (Å²) in [5, 5.41) is 0.404. The minimum Gasteiger partial charge on any atom is -0.366 e. The molecule has 0 saturated heterocycles. The molecule has 21 heavy (non-hydrogen) atoms. The first-order valence-corrected chi connectivity index (χ1v) is 7.26. The molecule has 112 valence electrons. The third-order valence-corrected chi connectivity index (χ3v) is 3.95. The molecule has 0 aliphatic carbocycles. The van der Waals surface area contributed by atoms with Gasteiger partial charge in [-0.3, -0.25) is 0 Å². The van der Waals surface area contributed by atoms with Crippen LogP contribution in [-0.2, 0) is 0 Å². The fourth-order valence-corrected chi connectivity index (χ4v) is 2.89. The van der Waals surface area contributed by atoms with Crippen LogP contribution in [-0.4, -0.2) is 13.6 Å². The molecule has 2 aromatic rings. The highest BCUT2D eigenvalue weighted by Gasteiger charge is 2.19. The first-order valence-electron chi connectivity index (χ1n) is 6.88. The van der Waals surface area contributed by atoms with E-state index in [9.17, 15) is 4.39 Å². The van der Waals surface area contributed by atoms with Crippen molar-refractivity contribution in [2.75, 3.05) is 18.5 Å². The number of rotatable bonds is 4. The minimum absolute atomic E-state index is 0.0979. The smallest absolute Gasteiger partial charge is 0.124 e. The van der Waals surface area contributed by atoms with E-state index in [1.807, 2.05) is 7.05 Å². The van der Waals surface area contributed by atoms with Gasteiger partial charge in [-0.1, -0.05) is 23.7 Å². The summed E-state index contributed by atoms with van der Waals surface area (Å²) in [6.45, 7) is 4.52. The van der Waals surface area contributed by atoms with Crippen molar-refractivity contribution < 1.29 is 4.39 Å². The first-order chi connectivity index (χ1) is 9.92. The summed E-state index contributed by atoms with van der Waals surface area (Å²) in [4.78, 5) is 2.08. The molecule has 0 saturated carbocycles. The standard InChI is InChI=1S/C17H20ClFN2/c1-11-6-12(2)8-14(7-11)21(3)17(10-20)15-5-4-13(19)9-16(15)18/h4-9,17H,10,20H2,1-3H3. The molecular formula is C17H20ClFN2. The molecule has 0 spiro atoms. The Bertz CT molecular complexity index is 622. The van der Waals surface area contributed by atoms with E-state index in [0.29, 0.717) is 11.6 Å². The molecule has 0 aromatic heterocycles. The highest BCUT2D eigenvalue weighted by molar-refractivity contribution is 6.31. The molecular weight excluding hydrogens is 287 g/mol. The van der Waals surface area contributed by atoms with Crippen LogP contribution in [0.15, 0.2) is 36.4 Å². The van der Waals surface area contributed by atoms with Gasteiger partial charge in [-0.15, -0.1) is 0 Å². The van der Waals surface area contributed by atoms with Crippen LogP contribution in [0.3, 0.4) is 0 Å². The Kier molecular flexibility index (Phi) is 4.86. The number of nitrogens with zero attached hydrogens (tertiary/aromatic N) is 1. The van der Waals surface area contributed by atoms with E-state index in [0.717, 1.165) is 11.3 Å². The van der Waals surface area contributed by atoms with Crippen molar-refractivity contribution in [3.05, 3.63) is 63.9 Å². The number of benzene rings is 2. The minimum atomic E-state index is -0.339. The van der Waals surface area contributed by atoms with Crippen molar-refractivity contribution in [2.24, 2.45) is 5.73 Å². The molecule has 0 bridgehead atoms. The Morgan fingerprint density at radius 1 is 1.14 bits per heavy atom. The van der Waals surface area contributed by atoms with E-state index in [-0.39, 0.29) is 11.9 Å². The monoisotopic (exact) mass is 306 g/mol. The Morgan fingerprint density at radius 3 is 2.29 bits per heavy atom. The normalized spacial score (nSPS) is 12.3. The number of hydrogen-bond acceptors (Lipinski definition) is 2. The van der Waals surface area contributed by atoms with Crippen molar-refractivity contribution in [2.45, 2.75) is 19.9 Å². The number of aryl methyl sites for hydroxylation is 2. The van der Waals surface area contributed by atoms with Crippen molar-refractivity contribution in [1.82, 2.24) is 0 Å². The Labute approximate surface area is 130 Å². The number of nitrogens with two attached hydrogens (primary N) is 1. The predicted molar refractivity (Wildman–Crippen MR) is 87.5 cm³/mol. The van der Waals surface area contributed by atoms with Crippen LogP contribution in [0.4, 0.5) is 10.1 Å². The number of halogens is 2. The Morgan fingerprint density at radius 2 is 1.76 bits per heavy atom. The topological polar surface area (TPSA) is 29.3 Å². The van der Waals surface area contributed by atoms with Crippen molar-refractivity contribution >= 4 is 17.3 Å². The van der Waals surface area contributed by atoms with Crippen molar-refractivity contribution in [1.29, 1.82) is 0 Å². The SMILES string of the molecule is Cc1cc(C)cc(N(C)C(CN)c2ccc(F)cc2Cl)c1. The lowest BCUT2D eigenvalue weighted by Gasteiger charge is -2.30. The second kappa shape index (κ2) is 6.46. The number of hydrogen-bond donors (Lipinski definition) is 1. The Hall–Kier alpha value is -1.58. The van der Waals surface area contributed by atoms with Gasteiger partial charge in [-0.2, -0.15) is 0 Å². The molecule has 2 aromatic carbocycles. The van der Waals surface area contributed by atoms with Crippen LogP contribution in [0.2, 0.25) is 5.02 Å². The fraction of sp³-hybridized carbons (Fsp3) is 0.294. The summed E-state index contributed by atoms with van der Waals surface area (Å²) in [6.07, 6.45) is 0. The van der Waals surface area contributed by atoms with Gasteiger partial charge < -0.3 is 10.6 Å². The van der Waals surface area contributed by atoms with Crippen LogP contribution in [0, 0.1) is 19.7 Å². The average molecular weight is 307 g/mol. The van der Waals surface area contributed by atoms with Gasteiger partial charge in [0.1, 0.15) is 5.82 Å². The molecule has 0 amide bonds. The summed E-state index contributed by atoms with van der Waals surface area (Å²) in [5.74, 6) is -0.339. The third-order valence-electron chi connectivity index (χ3n) is 3.63. The lowest BCUT2D eigenvalue weighted by Crippen LogP contribution is -2.30. The molecule has 0 fully saturated rings. The summed E-state index contributed by atoms with van der Waals surface area (Å²) in [7, 11) is 1.98. The quantitative estimate of drug-likeness (QED) is 0.916. The largest absolute Gasteiger partial charge is 0.366 e. The fourth-order valence-electron chi connectivity index (χ4n) is 2.60. The van der Waals surface area contributed by atoms with Gasteiger partial charge in [-0.25, -0.2) is 4.39 Å². The summed E-state index contributed by atoms with van der Waals surface area (Å²) in [5.41, 5.74) is 10.2. The van der Waals surface area contributed by atoms with E-state index in [2.05, 4.69) is 36.9 Å². The van der Waals surface area contributed by atoms with Crippen LogP contribution >= 0.6 is 11.6 Å². The van der Waals surface area contributed by atoms with Crippen LogP contribution in [0.5, 0.6) is 0 Å². The van der Waals surface area contributed by atoms with Crippen molar-refractivity contribution in [3.8, 4) is 0 Å². The molecule has 0 aliphatic rings. The van der Waals surface area contributed by atoms with E-state index in [1.165, 1.54) is 23.3 Å². The van der Waals surface area contributed by atoms with Gasteiger partial charge in [0.15, 0.2) is 0 Å². The molecule has 2 N–H and O–H groups in total. The zero-order valence-electron chi connectivity index (χ0n) is 12.5. The molecule has 0 aliphatic heterocycles. The van der Waals surface area contributed by atoms with Gasteiger partial charge in [-0.05, 0) is 54.8 Å². The summed E-state index contributed by atoms with van der Waals surface area (Å²) < 4.78 is 13.2. The van der Waals surface area contributed by atoms with Gasteiger partial charge in [0.2, 0.25) is 0 Å². The van der Waals surface area contributed by atoms with Crippen LogP contribution < -0.4 is 10.6 Å². The lowest BCUT2D eigenvalue weighted by atomic mass is 10.0. The second-order valence-corrected chi connectivity index (χ2v) is 5.78. The van der Waals surface area contributed by atoms with Crippen LogP contribution in [0.25, 0.3) is 0 Å². The van der Waals surface area contributed by atoms with Gasteiger partial charge in [0, 0.05) is 24.3 Å². The van der Waals surface area contributed by atoms with E-state index in [4.69, 9.17) is 17.3 Å². The third kappa shape index (κ3) is 3.55.